The number of rotatable bonds is 9. The number of ether oxygens (including phenoxy) is 2. The van der Waals surface area contributed by atoms with Crippen molar-refractivity contribution in [1.29, 1.82) is 0 Å². The molecular formula is C23H29F2N3O3. The van der Waals surface area contributed by atoms with E-state index in [0.717, 1.165) is 42.8 Å². The molecule has 0 spiro atoms. The van der Waals surface area contributed by atoms with Gasteiger partial charge in [-0.25, -0.2) is 4.79 Å². The van der Waals surface area contributed by atoms with Crippen LogP contribution in [0.3, 0.4) is 0 Å². The fraction of sp³-hybridized carbons (Fsp3) is 0.435. The number of amides is 2. The van der Waals surface area contributed by atoms with E-state index in [1.165, 1.54) is 12.1 Å². The highest BCUT2D eigenvalue weighted by molar-refractivity contribution is 5.74. The van der Waals surface area contributed by atoms with Gasteiger partial charge in [-0.15, -0.1) is 0 Å². The molecule has 1 saturated heterocycles. The molecule has 168 valence electrons. The lowest BCUT2D eigenvalue weighted by Crippen LogP contribution is -2.42. The number of carbonyl (C=O) groups is 1. The Morgan fingerprint density at radius 3 is 2.42 bits per heavy atom. The van der Waals surface area contributed by atoms with E-state index in [0.29, 0.717) is 6.54 Å². The molecular weight excluding hydrogens is 404 g/mol. The number of nitrogens with one attached hydrogen (secondary N) is 2. The van der Waals surface area contributed by atoms with Crippen molar-refractivity contribution >= 4 is 6.03 Å². The van der Waals surface area contributed by atoms with Crippen LogP contribution in [0.5, 0.6) is 11.5 Å². The maximum Gasteiger partial charge on any atom is 0.387 e. The van der Waals surface area contributed by atoms with Gasteiger partial charge in [-0.2, -0.15) is 8.78 Å². The normalized spacial score (nSPS) is 16.0. The third-order valence-corrected chi connectivity index (χ3v) is 5.47. The van der Waals surface area contributed by atoms with Crippen LogP contribution in [0.4, 0.5) is 13.6 Å². The first-order chi connectivity index (χ1) is 15.0. The number of hydrogen-bond donors (Lipinski definition) is 2. The lowest BCUT2D eigenvalue weighted by Gasteiger charge is -2.28. The molecule has 31 heavy (non-hydrogen) atoms. The van der Waals surface area contributed by atoms with Crippen molar-refractivity contribution < 1.29 is 23.0 Å². The number of methoxy groups -OCH3 is 1. The van der Waals surface area contributed by atoms with Crippen LogP contribution in [0, 0.1) is 0 Å². The monoisotopic (exact) mass is 433 g/mol. The van der Waals surface area contributed by atoms with Crippen LogP contribution in [-0.2, 0) is 0 Å². The average molecular weight is 433 g/mol. The van der Waals surface area contributed by atoms with Crippen LogP contribution < -0.4 is 20.1 Å². The molecule has 0 aromatic heterocycles. The van der Waals surface area contributed by atoms with Crippen LogP contribution in [0.25, 0.3) is 0 Å². The van der Waals surface area contributed by atoms with Crippen LogP contribution in [-0.4, -0.2) is 44.3 Å². The highest BCUT2D eigenvalue weighted by Crippen LogP contribution is 2.27. The maximum atomic E-state index is 12.5. The second-order valence-corrected chi connectivity index (χ2v) is 7.56. The molecule has 1 aliphatic rings. The van der Waals surface area contributed by atoms with E-state index in [4.69, 9.17) is 4.74 Å². The first-order valence-corrected chi connectivity index (χ1v) is 10.4. The summed E-state index contributed by atoms with van der Waals surface area (Å²) in [5.41, 5.74) is 1.89. The number of halogens is 2. The Kier molecular flexibility index (Phi) is 8.06. The molecule has 8 heteroatoms. The van der Waals surface area contributed by atoms with Gasteiger partial charge in [0.25, 0.3) is 0 Å². The topological polar surface area (TPSA) is 62.8 Å². The molecule has 1 fully saturated rings. The minimum atomic E-state index is -2.86. The largest absolute Gasteiger partial charge is 0.497 e. The average Bonchev–Trinajstić information content (AvgIpc) is 3.28. The molecule has 2 amide bonds. The van der Waals surface area contributed by atoms with Gasteiger partial charge in [0, 0.05) is 6.54 Å². The number of carbonyl (C=O) groups excluding carboxylic acids is 1. The van der Waals surface area contributed by atoms with Gasteiger partial charge in [-0.05, 0) is 68.2 Å². The molecule has 0 aliphatic carbocycles. The zero-order chi connectivity index (χ0) is 22.2. The number of urea groups is 1. The van der Waals surface area contributed by atoms with E-state index in [1.54, 1.807) is 19.2 Å². The van der Waals surface area contributed by atoms with E-state index in [1.807, 2.05) is 25.1 Å². The van der Waals surface area contributed by atoms with Gasteiger partial charge in [-0.1, -0.05) is 24.3 Å². The summed E-state index contributed by atoms with van der Waals surface area (Å²) in [5, 5.41) is 5.87. The zero-order valence-electron chi connectivity index (χ0n) is 17.8. The van der Waals surface area contributed by atoms with E-state index in [9.17, 15) is 13.6 Å². The fourth-order valence-corrected chi connectivity index (χ4v) is 3.82. The minimum absolute atomic E-state index is 0.0597. The summed E-state index contributed by atoms with van der Waals surface area (Å²) in [6.45, 7) is 1.43. The fourth-order valence-electron chi connectivity index (χ4n) is 3.82. The van der Waals surface area contributed by atoms with Crippen molar-refractivity contribution in [2.75, 3.05) is 26.7 Å². The number of likely N-dealkylation sites (tertiary alicyclic amines) is 1. The smallest absolute Gasteiger partial charge is 0.387 e. The molecule has 2 unspecified atom stereocenters. The molecule has 2 aromatic rings. The molecule has 0 bridgehead atoms. The Bertz CT molecular complexity index is 842. The molecule has 0 saturated carbocycles. The van der Waals surface area contributed by atoms with Crippen LogP contribution in [0.1, 0.15) is 43.0 Å². The second kappa shape index (κ2) is 10.9. The van der Waals surface area contributed by atoms with E-state index >= 15 is 0 Å². The van der Waals surface area contributed by atoms with Gasteiger partial charge in [0.05, 0.1) is 19.2 Å². The minimum Gasteiger partial charge on any atom is -0.497 e. The maximum absolute atomic E-state index is 12.5. The molecule has 3 rings (SSSR count). The highest BCUT2D eigenvalue weighted by atomic mass is 19.3. The standard InChI is InChI=1S/C23H29F2N3O3/c1-16(17-8-10-19(11-9-17)31-22(24)25)27-23(29)26-15-21(28-12-3-4-13-28)18-6-5-7-20(14-18)30-2/h5-11,14,16,21-22H,3-4,12-13,15H2,1-2H3,(H2,26,27,29). The second-order valence-electron chi connectivity index (χ2n) is 7.56. The predicted octanol–water partition coefficient (Wildman–Crippen LogP) is 4.49. The van der Waals surface area contributed by atoms with Gasteiger partial charge in [-0.3, -0.25) is 4.90 Å². The highest BCUT2D eigenvalue weighted by Gasteiger charge is 2.24. The van der Waals surface area contributed by atoms with Crippen molar-refractivity contribution in [3.05, 3.63) is 59.7 Å². The lowest BCUT2D eigenvalue weighted by atomic mass is 10.0. The number of alkyl halides is 2. The van der Waals surface area contributed by atoms with Gasteiger partial charge >= 0.3 is 12.6 Å². The SMILES string of the molecule is COc1cccc(C(CNC(=O)NC(C)c2ccc(OC(F)F)cc2)N2CCCC2)c1. The Balaban J connectivity index is 1.58. The first-order valence-electron chi connectivity index (χ1n) is 10.4. The molecule has 1 heterocycles. The van der Waals surface area contributed by atoms with Gasteiger partial charge in [0.2, 0.25) is 0 Å². The predicted molar refractivity (Wildman–Crippen MR) is 115 cm³/mol. The summed E-state index contributed by atoms with van der Waals surface area (Å²) >= 11 is 0. The molecule has 6 nitrogen and oxygen atoms in total. The summed E-state index contributed by atoms with van der Waals surface area (Å²) in [6, 6.07) is 13.7. The van der Waals surface area contributed by atoms with E-state index < -0.39 is 6.61 Å². The van der Waals surface area contributed by atoms with Crippen molar-refractivity contribution in [2.24, 2.45) is 0 Å². The third kappa shape index (κ3) is 6.55. The van der Waals surface area contributed by atoms with Gasteiger partial charge < -0.3 is 20.1 Å². The number of hydrogen-bond acceptors (Lipinski definition) is 4. The van der Waals surface area contributed by atoms with Crippen molar-refractivity contribution in [1.82, 2.24) is 15.5 Å². The summed E-state index contributed by atoms with van der Waals surface area (Å²) in [5.74, 6) is 0.876. The van der Waals surface area contributed by atoms with Crippen LogP contribution in [0.15, 0.2) is 48.5 Å². The van der Waals surface area contributed by atoms with Crippen molar-refractivity contribution in [2.45, 2.75) is 38.5 Å². The Morgan fingerprint density at radius 1 is 1.06 bits per heavy atom. The molecule has 1 aliphatic heterocycles. The molecule has 0 radical (unpaired) electrons. The quantitative estimate of drug-likeness (QED) is 0.612. The zero-order valence-corrected chi connectivity index (χ0v) is 17.8. The summed E-state index contributed by atoms with van der Waals surface area (Å²) in [7, 11) is 1.64. The summed E-state index contributed by atoms with van der Waals surface area (Å²) in [4.78, 5) is 14.9. The summed E-state index contributed by atoms with van der Waals surface area (Å²) in [6.07, 6.45) is 2.30. The van der Waals surface area contributed by atoms with Gasteiger partial charge in [0.15, 0.2) is 0 Å². The van der Waals surface area contributed by atoms with E-state index in [2.05, 4.69) is 26.3 Å². The van der Waals surface area contributed by atoms with Crippen molar-refractivity contribution in [3.63, 3.8) is 0 Å². The molecule has 2 atom stereocenters. The first kappa shape index (κ1) is 22.8. The number of benzene rings is 2. The third-order valence-electron chi connectivity index (χ3n) is 5.47. The van der Waals surface area contributed by atoms with Gasteiger partial charge in [0.1, 0.15) is 11.5 Å². The summed E-state index contributed by atoms with van der Waals surface area (Å²) < 4.78 is 34.3. The van der Waals surface area contributed by atoms with Crippen LogP contribution in [0.2, 0.25) is 0 Å². The lowest BCUT2D eigenvalue weighted by molar-refractivity contribution is -0.0498. The Labute approximate surface area is 181 Å². The Hall–Kier alpha value is -2.87. The Morgan fingerprint density at radius 2 is 1.77 bits per heavy atom. The van der Waals surface area contributed by atoms with E-state index in [-0.39, 0.29) is 23.9 Å². The molecule has 2 N–H and O–H groups in total. The van der Waals surface area contributed by atoms with Crippen molar-refractivity contribution in [3.8, 4) is 11.5 Å². The number of nitrogens with zero attached hydrogens (tertiary/aromatic N) is 1. The van der Waals surface area contributed by atoms with Crippen LogP contribution >= 0.6 is 0 Å². The molecule has 2 aromatic carbocycles.